The number of carbonyl (C=O) groups is 2. The van der Waals surface area contributed by atoms with Crippen molar-refractivity contribution in [3.05, 3.63) is 35.6 Å². The van der Waals surface area contributed by atoms with E-state index in [1.165, 1.54) is 19.2 Å². The van der Waals surface area contributed by atoms with Gasteiger partial charge in [-0.3, -0.25) is 0 Å². The van der Waals surface area contributed by atoms with E-state index < -0.39 is 12.2 Å². The van der Waals surface area contributed by atoms with E-state index in [1.54, 1.807) is 6.07 Å². The first-order valence-corrected chi connectivity index (χ1v) is 12.5. The Morgan fingerprint density at radius 3 is 2.89 bits per heavy atom. The van der Waals surface area contributed by atoms with Gasteiger partial charge in [-0.15, -0.1) is 0 Å². The van der Waals surface area contributed by atoms with E-state index in [4.69, 9.17) is 9.47 Å². The summed E-state index contributed by atoms with van der Waals surface area (Å²) in [5.74, 6) is 0.132. The molecule has 3 amide bonds. The summed E-state index contributed by atoms with van der Waals surface area (Å²) in [6.07, 6.45) is 2.67. The highest BCUT2D eigenvalue weighted by Crippen LogP contribution is 2.33. The van der Waals surface area contributed by atoms with Gasteiger partial charge in [0.2, 0.25) is 0 Å². The Hall–Kier alpha value is -2.43. The smallest absolute Gasteiger partial charge is 0.406 e. The molecule has 0 saturated carbocycles. The molecule has 2 saturated heterocycles. The zero-order chi connectivity index (χ0) is 25.0. The number of rotatable bonds is 11. The average Bonchev–Trinajstić information content (AvgIpc) is 3.37. The molecule has 0 bridgehead atoms. The van der Waals surface area contributed by atoms with Crippen LogP contribution in [-0.4, -0.2) is 83.2 Å². The Balaban J connectivity index is 1.62. The van der Waals surface area contributed by atoms with E-state index >= 15 is 0 Å². The number of likely N-dealkylation sites (tertiary alicyclic amines) is 1. The summed E-state index contributed by atoms with van der Waals surface area (Å²) in [5, 5.41) is 8.97. The molecule has 2 fully saturated rings. The normalized spacial score (nSPS) is 21.9. The number of benzene rings is 1. The fourth-order valence-corrected chi connectivity index (χ4v) is 4.92. The topological polar surface area (TPSA) is 101 Å². The van der Waals surface area contributed by atoms with Crippen LogP contribution in [0.4, 0.5) is 14.0 Å². The van der Waals surface area contributed by atoms with Crippen molar-refractivity contribution in [3.8, 4) is 0 Å². The van der Waals surface area contributed by atoms with Crippen LogP contribution in [0.3, 0.4) is 0 Å². The van der Waals surface area contributed by atoms with Gasteiger partial charge in [-0.2, -0.15) is 0 Å². The van der Waals surface area contributed by atoms with E-state index in [2.05, 4.69) is 20.7 Å². The van der Waals surface area contributed by atoms with Crippen molar-refractivity contribution in [3.63, 3.8) is 0 Å². The molecule has 1 aromatic carbocycles. The summed E-state index contributed by atoms with van der Waals surface area (Å²) in [6, 6.07) is 6.32. The molecule has 196 valence electrons. The predicted octanol–water partition coefficient (Wildman–Crippen LogP) is 2.68. The first kappa shape index (κ1) is 27.2. The molecule has 2 aliphatic heterocycles. The number of carbonyl (C=O) groups excluding carboxylic acids is 2. The second kappa shape index (κ2) is 14.2. The third kappa shape index (κ3) is 8.63. The Kier molecular flexibility index (Phi) is 11.0. The molecule has 3 rings (SSSR count). The van der Waals surface area contributed by atoms with Gasteiger partial charge in [0.25, 0.3) is 0 Å². The molecule has 0 radical (unpaired) electrons. The molecule has 2 aliphatic rings. The van der Waals surface area contributed by atoms with Crippen molar-refractivity contribution in [2.75, 3.05) is 60.2 Å². The van der Waals surface area contributed by atoms with Crippen LogP contribution in [0.1, 0.15) is 37.4 Å². The number of urea groups is 1. The maximum atomic E-state index is 14.0. The predicted molar refractivity (Wildman–Crippen MR) is 130 cm³/mol. The maximum absolute atomic E-state index is 14.0. The summed E-state index contributed by atoms with van der Waals surface area (Å²) in [5.41, 5.74) is 0.726. The number of alkyl carbamates (subject to hydrolysis) is 1. The SMILES string of the molecule is CNC[C@H](CC1CCOC1)NC(=O)N1CCC[C@@H](C(OCCNC(=O)OC)c2cccc(F)c2)C1. The summed E-state index contributed by atoms with van der Waals surface area (Å²) >= 11 is 0. The van der Waals surface area contributed by atoms with Gasteiger partial charge >= 0.3 is 12.1 Å². The summed E-state index contributed by atoms with van der Waals surface area (Å²) in [7, 11) is 3.19. The zero-order valence-electron chi connectivity index (χ0n) is 20.8. The lowest BCUT2D eigenvalue weighted by atomic mass is 9.88. The van der Waals surface area contributed by atoms with Crippen molar-refractivity contribution >= 4 is 12.1 Å². The van der Waals surface area contributed by atoms with Crippen molar-refractivity contribution in [2.45, 2.75) is 37.8 Å². The Labute approximate surface area is 207 Å². The van der Waals surface area contributed by atoms with Gasteiger partial charge in [-0.25, -0.2) is 14.0 Å². The number of amides is 3. The molecule has 9 nitrogen and oxygen atoms in total. The molecular formula is C25H39FN4O5. The molecular weight excluding hydrogens is 455 g/mol. The molecule has 1 aromatic rings. The van der Waals surface area contributed by atoms with Gasteiger partial charge in [0.1, 0.15) is 5.82 Å². The average molecular weight is 495 g/mol. The van der Waals surface area contributed by atoms with E-state index in [0.29, 0.717) is 25.6 Å². The molecule has 2 unspecified atom stereocenters. The van der Waals surface area contributed by atoms with Crippen molar-refractivity contribution in [1.29, 1.82) is 0 Å². The summed E-state index contributed by atoms with van der Waals surface area (Å²) in [6.45, 7) is 3.92. The number of nitrogens with zero attached hydrogens (tertiary/aromatic N) is 1. The third-order valence-corrected chi connectivity index (χ3v) is 6.62. The van der Waals surface area contributed by atoms with Gasteiger partial charge in [-0.05, 0) is 56.3 Å². The van der Waals surface area contributed by atoms with Crippen LogP contribution in [-0.2, 0) is 14.2 Å². The van der Waals surface area contributed by atoms with Gasteiger partial charge in [0, 0.05) is 51.4 Å². The van der Waals surface area contributed by atoms with Gasteiger partial charge < -0.3 is 35.1 Å². The first-order chi connectivity index (χ1) is 17.0. The lowest BCUT2D eigenvalue weighted by molar-refractivity contribution is -0.00880. The Morgan fingerprint density at radius 1 is 1.31 bits per heavy atom. The fourth-order valence-electron chi connectivity index (χ4n) is 4.92. The Bertz CT molecular complexity index is 808. The van der Waals surface area contributed by atoms with E-state index in [9.17, 15) is 14.0 Å². The third-order valence-electron chi connectivity index (χ3n) is 6.62. The van der Waals surface area contributed by atoms with Crippen molar-refractivity contribution < 1.29 is 28.2 Å². The second-order valence-corrected chi connectivity index (χ2v) is 9.28. The van der Waals surface area contributed by atoms with Crippen molar-refractivity contribution in [2.24, 2.45) is 11.8 Å². The Morgan fingerprint density at radius 2 is 2.17 bits per heavy atom. The van der Waals surface area contributed by atoms with Gasteiger partial charge in [0.15, 0.2) is 0 Å². The molecule has 35 heavy (non-hydrogen) atoms. The van der Waals surface area contributed by atoms with Gasteiger partial charge in [0.05, 0.1) is 19.8 Å². The fraction of sp³-hybridized carbons (Fsp3) is 0.680. The lowest BCUT2D eigenvalue weighted by Crippen LogP contribution is -2.52. The van der Waals surface area contributed by atoms with Crippen LogP contribution >= 0.6 is 0 Å². The minimum atomic E-state index is -0.531. The van der Waals surface area contributed by atoms with Gasteiger partial charge in [-0.1, -0.05) is 12.1 Å². The summed E-state index contributed by atoms with van der Waals surface area (Å²) in [4.78, 5) is 26.3. The van der Waals surface area contributed by atoms with E-state index in [-0.39, 0.29) is 37.0 Å². The molecule has 0 spiro atoms. The lowest BCUT2D eigenvalue weighted by Gasteiger charge is -2.38. The molecule has 4 atom stereocenters. The maximum Gasteiger partial charge on any atom is 0.406 e. The van der Waals surface area contributed by atoms with Crippen LogP contribution in [0.2, 0.25) is 0 Å². The highest BCUT2D eigenvalue weighted by molar-refractivity contribution is 5.74. The number of nitrogens with one attached hydrogen (secondary N) is 3. The largest absolute Gasteiger partial charge is 0.453 e. The van der Waals surface area contributed by atoms with Crippen LogP contribution in [0.5, 0.6) is 0 Å². The molecule has 3 N–H and O–H groups in total. The quantitative estimate of drug-likeness (QED) is 0.409. The number of methoxy groups -OCH3 is 1. The van der Waals surface area contributed by atoms with Crippen LogP contribution in [0.25, 0.3) is 0 Å². The number of hydrogen-bond acceptors (Lipinski definition) is 6. The number of likely N-dealkylation sites (N-methyl/N-ethyl adjacent to an activating group) is 1. The highest BCUT2D eigenvalue weighted by atomic mass is 19.1. The van der Waals surface area contributed by atoms with Crippen LogP contribution in [0, 0.1) is 17.7 Å². The summed E-state index contributed by atoms with van der Waals surface area (Å²) < 4.78 is 30.2. The monoisotopic (exact) mass is 494 g/mol. The zero-order valence-corrected chi connectivity index (χ0v) is 20.8. The van der Waals surface area contributed by atoms with Crippen LogP contribution in [0.15, 0.2) is 24.3 Å². The molecule has 0 aromatic heterocycles. The number of ether oxygens (including phenoxy) is 3. The molecule has 0 aliphatic carbocycles. The van der Waals surface area contributed by atoms with Crippen LogP contribution < -0.4 is 16.0 Å². The molecule has 2 heterocycles. The van der Waals surface area contributed by atoms with E-state index in [0.717, 1.165) is 44.5 Å². The second-order valence-electron chi connectivity index (χ2n) is 9.28. The van der Waals surface area contributed by atoms with E-state index in [1.807, 2.05) is 18.0 Å². The molecule has 10 heteroatoms. The number of halogens is 1. The minimum absolute atomic E-state index is 0.000379. The van der Waals surface area contributed by atoms with Crippen molar-refractivity contribution in [1.82, 2.24) is 20.9 Å². The number of hydrogen-bond donors (Lipinski definition) is 3. The number of piperidine rings is 1. The standard InChI is InChI=1S/C25H39FN4O5/c1-27-15-22(13-18-8-11-34-17-18)29-24(31)30-10-4-6-20(16-30)23(19-5-3-7-21(26)14-19)35-12-9-28-25(32)33-2/h3,5,7,14,18,20,22-23,27H,4,6,8-13,15-17H2,1-2H3,(H,28,32)(H,29,31)/t18?,20-,22+,23?/m1/s1. The first-order valence-electron chi connectivity index (χ1n) is 12.5. The highest BCUT2D eigenvalue weighted by Gasteiger charge is 2.32. The minimum Gasteiger partial charge on any atom is -0.453 e.